The third-order valence-electron chi connectivity index (χ3n) is 1.11. The van der Waals surface area contributed by atoms with Crippen LogP contribution in [0, 0.1) is 6.20 Å². The number of rotatable bonds is 0. The Hall–Kier alpha value is -1.58. The van der Waals surface area contributed by atoms with Gasteiger partial charge in [-0.1, -0.05) is 0 Å². The van der Waals surface area contributed by atoms with E-state index < -0.39 is 0 Å². The smallest absolute Gasteiger partial charge is 0.200 e. The molecule has 2 rings (SSSR count). The molecule has 0 aliphatic heterocycles. The Morgan fingerprint density at radius 2 is 2.40 bits per heavy atom. The summed E-state index contributed by atoms with van der Waals surface area (Å²) in [5, 5.41) is 7.38. The van der Waals surface area contributed by atoms with E-state index in [0.29, 0.717) is 5.65 Å². The van der Waals surface area contributed by atoms with Gasteiger partial charge in [0.2, 0.25) is 0 Å². The van der Waals surface area contributed by atoms with E-state index in [-0.39, 0.29) is 0 Å². The maximum atomic E-state index is 3.89. The van der Waals surface area contributed by atoms with E-state index >= 15 is 0 Å². The minimum absolute atomic E-state index is 0.557. The van der Waals surface area contributed by atoms with E-state index in [2.05, 4.69) is 26.4 Å². The summed E-state index contributed by atoms with van der Waals surface area (Å²) in [6.07, 6.45) is 5.65. The Balaban J connectivity index is 2.89. The van der Waals surface area contributed by atoms with Crippen LogP contribution in [0.5, 0.6) is 0 Å². The van der Waals surface area contributed by atoms with Gasteiger partial charge in [0.05, 0.1) is 12.4 Å². The van der Waals surface area contributed by atoms with Crippen molar-refractivity contribution in [2.75, 3.05) is 0 Å². The molecule has 2 heterocycles. The summed E-state index contributed by atoms with van der Waals surface area (Å²) < 4.78 is 0. The first-order valence-corrected chi connectivity index (χ1v) is 2.77. The lowest BCUT2D eigenvalue weighted by Crippen LogP contribution is -1.87. The molecule has 0 amide bonds. The molecule has 0 atom stereocenters. The van der Waals surface area contributed by atoms with Gasteiger partial charge < -0.3 is 0 Å². The van der Waals surface area contributed by atoms with Crippen LogP contribution in [0.15, 0.2) is 18.5 Å². The van der Waals surface area contributed by atoms with E-state index in [1.165, 1.54) is 6.20 Å². The molecule has 4 heteroatoms. The van der Waals surface area contributed by atoms with Crippen LogP contribution in [0.4, 0.5) is 0 Å². The largest absolute Gasteiger partial charge is 0.241 e. The van der Waals surface area contributed by atoms with Crippen molar-refractivity contribution in [3.8, 4) is 0 Å². The predicted molar refractivity (Wildman–Crippen MR) is 34.0 cm³/mol. The van der Waals surface area contributed by atoms with Crippen LogP contribution in [0.25, 0.3) is 11.2 Å². The molecular weight excluding hydrogens is 128 g/mol. The number of hydrogen-bond donors (Lipinski definition) is 0. The highest BCUT2D eigenvalue weighted by atomic mass is 15.1. The van der Waals surface area contributed by atoms with Crippen molar-refractivity contribution in [1.29, 1.82) is 0 Å². The monoisotopic (exact) mass is 131 g/mol. The maximum Gasteiger partial charge on any atom is 0.200 e. The van der Waals surface area contributed by atoms with Crippen LogP contribution in [0.1, 0.15) is 0 Å². The number of aromatic nitrogens is 4. The minimum Gasteiger partial charge on any atom is -0.241 e. The molecule has 0 saturated heterocycles. The highest BCUT2D eigenvalue weighted by Gasteiger charge is 1.91. The van der Waals surface area contributed by atoms with Crippen LogP contribution in [-0.4, -0.2) is 20.2 Å². The lowest BCUT2D eigenvalue weighted by Gasteiger charge is -1.88. The molecule has 0 aliphatic rings. The van der Waals surface area contributed by atoms with Crippen molar-refractivity contribution in [2.24, 2.45) is 0 Å². The van der Waals surface area contributed by atoms with E-state index in [0.717, 1.165) is 5.52 Å². The van der Waals surface area contributed by atoms with Gasteiger partial charge in [0.15, 0.2) is 5.65 Å². The fraction of sp³-hybridized carbons (Fsp3) is 0. The van der Waals surface area contributed by atoms with Gasteiger partial charge in [-0.15, -0.1) is 5.10 Å². The fourth-order valence-electron chi connectivity index (χ4n) is 0.685. The molecule has 1 radical (unpaired) electrons. The highest BCUT2D eigenvalue weighted by Crippen LogP contribution is 1.98. The molecule has 2 aromatic heterocycles. The van der Waals surface area contributed by atoms with Gasteiger partial charge in [0, 0.05) is 0 Å². The lowest BCUT2D eigenvalue weighted by atomic mass is 10.5. The normalized spacial score (nSPS) is 10.0. The first-order valence-electron chi connectivity index (χ1n) is 2.77. The Labute approximate surface area is 57.0 Å². The molecule has 0 aliphatic carbocycles. The van der Waals surface area contributed by atoms with E-state index in [1.54, 1.807) is 12.3 Å². The van der Waals surface area contributed by atoms with Gasteiger partial charge in [-0.25, -0.2) is 9.97 Å². The number of nitrogens with zero attached hydrogens (tertiary/aromatic N) is 4. The fourth-order valence-corrected chi connectivity index (χ4v) is 0.685. The molecule has 10 heavy (non-hydrogen) atoms. The summed E-state index contributed by atoms with van der Waals surface area (Å²) >= 11 is 0. The van der Waals surface area contributed by atoms with Crippen molar-refractivity contribution in [1.82, 2.24) is 20.2 Å². The Morgan fingerprint density at radius 1 is 1.40 bits per heavy atom. The molecule has 4 nitrogen and oxygen atoms in total. The molecule has 47 valence electrons. The molecule has 2 aromatic rings. The Bertz CT molecular complexity index is 281. The quantitative estimate of drug-likeness (QED) is 0.513. The van der Waals surface area contributed by atoms with E-state index in [1.807, 2.05) is 0 Å². The zero-order chi connectivity index (χ0) is 6.81. The molecule has 0 bridgehead atoms. The van der Waals surface area contributed by atoms with Crippen molar-refractivity contribution < 1.29 is 0 Å². The van der Waals surface area contributed by atoms with Crippen LogP contribution in [0.3, 0.4) is 0 Å². The summed E-state index contributed by atoms with van der Waals surface area (Å²) in [5.41, 5.74) is 1.28. The summed E-state index contributed by atoms with van der Waals surface area (Å²) in [7, 11) is 0. The zero-order valence-electron chi connectivity index (χ0n) is 5.02. The summed E-state index contributed by atoms with van der Waals surface area (Å²) in [6, 6.07) is 1.74. The molecular formula is C6H3N4. The topological polar surface area (TPSA) is 51.6 Å². The number of fused-ring (bicyclic) bond motifs is 1. The second-order valence-electron chi connectivity index (χ2n) is 1.74. The maximum absolute atomic E-state index is 3.89. The van der Waals surface area contributed by atoms with Crippen molar-refractivity contribution in [3.05, 3.63) is 24.7 Å². The molecule has 0 fully saturated rings. The van der Waals surface area contributed by atoms with Gasteiger partial charge in [-0.3, -0.25) is 0 Å². The lowest BCUT2D eigenvalue weighted by molar-refractivity contribution is 1.04. The summed E-state index contributed by atoms with van der Waals surface area (Å²) in [6.45, 7) is 0. The average Bonchev–Trinajstić information content (AvgIpc) is 2.05. The molecule has 0 N–H and O–H groups in total. The first-order chi connectivity index (χ1) is 4.97. The van der Waals surface area contributed by atoms with Crippen LogP contribution >= 0.6 is 0 Å². The van der Waals surface area contributed by atoms with Crippen molar-refractivity contribution >= 4 is 11.2 Å². The predicted octanol–water partition coefficient (Wildman–Crippen LogP) is 0.220. The third kappa shape index (κ3) is 0.699. The Morgan fingerprint density at radius 3 is 3.30 bits per heavy atom. The zero-order valence-corrected chi connectivity index (χ0v) is 5.02. The molecule has 0 unspecified atom stereocenters. The highest BCUT2D eigenvalue weighted by molar-refractivity contribution is 5.67. The molecule has 0 aromatic carbocycles. The van der Waals surface area contributed by atoms with Crippen LogP contribution in [-0.2, 0) is 0 Å². The standard InChI is InChI=1S/C6H3N4/c1-2-9-10-6-5(1)7-3-4-8-6/h1-2,4H. The van der Waals surface area contributed by atoms with Crippen molar-refractivity contribution in [3.63, 3.8) is 0 Å². The summed E-state index contributed by atoms with van der Waals surface area (Å²) in [4.78, 5) is 7.78. The average molecular weight is 131 g/mol. The van der Waals surface area contributed by atoms with Gasteiger partial charge in [-0.2, -0.15) is 5.10 Å². The van der Waals surface area contributed by atoms with Gasteiger partial charge in [0.1, 0.15) is 11.7 Å². The van der Waals surface area contributed by atoms with Gasteiger partial charge in [-0.05, 0) is 6.07 Å². The summed E-state index contributed by atoms with van der Waals surface area (Å²) in [5.74, 6) is 0. The minimum atomic E-state index is 0.557. The van der Waals surface area contributed by atoms with Crippen LogP contribution < -0.4 is 0 Å². The van der Waals surface area contributed by atoms with E-state index in [4.69, 9.17) is 0 Å². The number of hydrogen-bond acceptors (Lipinski definition) is 4. The second kappa shape index (κ2) is 1.98. The SMILES string of the molecule is [c]1cnc2nnccc2n1. The van der Waals surface area contributed by atoms with Crippen LogP contribution in [0.2, 0.25) is 0 Å². The molecule has 0 saturated carbocycles. The third-order valence-corrected chi connectivity index (χ3v) is 1.11. The van der Waals surface area contributed by atoms with Crippen molar-refractivity contribution in [2.45, 2.75) is 0 Å². The van der Waals surface area contributed by atoms with Gasteiger partial charge >= 0.3 is 0 Å². The Kier molecular flexibility index (Phi) is 1.04. The second-order valence-corrected chi connectivity index (χ2v) is 1.74. The van der Waals surface area contributed by atoms with Gasteiger partial charge in [0.25, 0.3) is 0 Å². The molecule has 0 spiro atoms. The first kappa shape index (κ1) is 5.22. The van der Waals surface area contributed by atoms with E-state index in [9.17, 15) is 0 Å².